The Hall–Kier alpha value is -0.420. The Bertz CT molecular complexity index is 405. The fourth-order valence-electron chi connectivity index (χ4n) is 2.34. The molecule has 1 heterocycles. The van der Waals surface area contributed by atoms with E-state index in [1.54, 1.807) is 0 Å². The first kappa shape index (κ1) is 16.0. The summed E-state index contributed by atoms with van der Waals surface area (Å²) in [6.07, 6.45) is 2.58. The fraction of sp³-hybridized carbons (Fsp3) is 0.625. The zero-order valence-corrected chi connectivity index (χ0v) is 13.9. The molecule has 1 aromatic rings. The first-order chi connectivity index (χ1) is 9.66. The molecule has 20 heavy (non-hydrogen) atoms. The van der Waals surface area contributed by atoms with Crippen LogP contribution in [0.2, 0.25) is 0 Å². The van der Waals surface area contributed by atoms with Crippen LogP contribution in [0, 0.1) is 0 Å². The van der Waals surface area contributed by atoms with Gasteiger partial charge in [-0.3, -0.25) is 0 Å². The van der Waals surface area contributed by atoms with Crippen LogP contribution in [0.1, 0.15) is 38.4 Å². The van der Waals surface area contributed by atoms with Gasteiger partial charge in [0.15, 0.2) is 0 Å². The van der Waals surface area contributed by atoms with Crippen LogP contribution in [0.3, 0.4) is 0 Å². The fourth-order valence-corrected chi connectivity index (χ4v) is 2.88. The summed E-state index contributed by atoms with van der Waals surface area (Å²) >= 11 is 3.62. The van der Waals surface area contributed by atoms with E-state index >= 15 is 0 Å². The Morgan fingerprint density at radius 1 is 1.40 bits per heavy atom. The third-order valence-electron chi connectivity index (χ3n) is 3.47. The van der Waals surface area contributed by atoms with E-state index in [9.17, 15) is 0 Å². The minimum atomic E-state index is 0.0529. The number of hydrogen-bond acceptors (Lipinski definition) is 3. The molecule has 0 spiro atoms. The van der Waals surface area contributed by atoms with Gasteiger partial charge in [-0.25, -0.2) is 0 Å². The maximum atomic E-state index is 6.13. The van der Waals surface area contributed by atoms with Crippen LogP contribution in [-0.4, -0.2) is 31.9 Å². The number of halogens is 1. The van der Waals surface area contributed by atoms with Gasteiger partial charge in [-0.05, 0) is 24.5 Å². The molecule has 2 rings (SSSR count). The van der Waals surface area contributed by atoms with E-state index in [2.05, 4.69) is 53.3 Å². The molecular formula is C16H24BrNO2. The molecule has 1 fully saturated rings. The van der Waals surface area contributed by atoms with Gasteiger partial charge in [-0.15, -0.1) is 0 Å². The Morgan fingerprint density at radius 2 is 2.20 bits per heavy atom. The van der Waals surface area contributed by atoms with Gasteiger partial charge in [0, 0.05) is 23.7 Å². The van der Waals surface area contributed by atoms with Gasteiger partial charge in [0.25, 0.3) is 0 Å². The second kappa shape index (κ2) is 8.13. The molecule has 1 aliphatic heterocycles. The number of nitrogens with one attached hydrogen (secondary N) is 1. The summed E-state index contributed by atoms with van der Waals surface area (Å²) in [4.78, 5) is 0. The summed E-state index contributed by atoms with van der Waals surface area (Å²) in [5.41, 5.74) is 1.19. The summed E-state index contributed by atoms with van der Waals surface area (Å²) in [5, 5.41) is 3.46. The van der Waals surface area contributed by atoms with Crippen molar-refractivity contribution in [2.24, 2.45) is 0 Å². The van der Waals surface area contributed by atoms with Crippen LogP contribution in [0.15, 0.2) is 28.7 Å². The second-order valence-electron chi connectivity index (χ2n) is 5.54. The molecule has 1 aliphatic rings. The molecule has 1 N–H and O–H groups in total. The van der Waals surface area contributed by atoms with Gasteiger partial charge in [0.1, 0.15) is 0 Å². The third-order valence-corrected chi connectivity index (χ3v) is 4.19. The topological polar surface area (TPSA) is 30.5 Å². The van der Waals surface area contributed by atoms with Crippen molar-refractivity contribution in [3.05, 3.63) is 34.3 Å². The Morgan fingerprint density at radius 3 is 2.85 bits per heavy atom. The van der Waals surface area contributed by atoms with Crippen LogP contribution in [-0.2, 0) is 9.47 Å². The maximum Gasteiger partial charge on any atom is 0.0961 e. The largest absolute Gasteiger partial charge is 0.376 e. The van der Waals surface area contributed by atoms with Crippen LogP contribution < -0.4 is 5.32 Å². The lowest BCUT2D eigenvalue weighted by molar-refractivity contribution is -0.0217. The molecule has 4 heteroatoms. The predicted octanol–water partition coefficient (Wildman–Crippen LogP) is 3.68. The Labute approximate surface area is 130 Å². The van der Waals surface area contributed by atoms with Gasteiger partial charge in [0.2, 0.25) is 0 Å². The SMILES string of the molecule is CC(C)NCC(OCC1CCCO1)c1ccccc1Br. The van der Waals surface area contributed by atoms with Crippen molar-refractivity contribution in [1.82, 2.24) is 5.32 Å². The number of ether oxygens (including phenoxy) is 2. The highest BCUT2D eigenvalue weighted by molar-refractivity contribution is 9.10. The smallest absolute Gasteiger partial charge is 0.0961 e. The van der Waals surface area contributed by atoms with Crippen molar-refractivity contribution in [1.29, 1.82) is 0 Å². The standard InChI is InChI=1S/C16H24BrNO2/c1-12(2)18-10-16(14-7-3-4-8-15(14)17)20-11-13-6-5-9-19-13/h3-4,7-8,12-13,16,18H,5-6,9-11H2,1-2H3. The van der Waals surface area contributed by atoms with Crippen LogP contribution >= 0.6 is 15.9 Å². The molecule has 0 bridgehead atoms. The van der Waals surface area contributed by atoms with Crippen molar-refractivity contribution < 1.29 is 9.47 Å². The zero-order valence-electron chi connectivity index (χ0n) is 12.3. The first-order valence-electron chi connectivity index (χ1n) is 7.38. The summed E-state index contributed by atoms with van der Waals surface area (Å²) < 4.78 is 12.9. The molecular weight excluding hydrogens is 318 g/mol. The average molecular weight is 342 g/mol. The summed E-state index contributed by atoms with van der Waals surface area (Å²) in [5.74, 6) is 0. The zero-order chi connectivity index (χ0) is 14.4. The van der Waals surface area contributed by atoms with Crippen molar-refractivity contribution in [3.8, 4) is 0 Å². The first-order valence-corrected chi connectivity index (χ1v) is 8.17. The van der Waals surface area contributed by atoms with Crippen molar-refractivity contribution in [3.63, 3.8) is 0 Å². The Kier molecular flexibility index (Phi) is 6.49. The molecule has 0 saturated carbocycles. The van der Waals surface area contributed by atoms with Gasteiger partial charge >= 0.3 is 0 Å². The average Bonchev–Trinajstić information content (AvgIpc) is 2.93. The third kappa shape index (κ3) is 4.85. The second-order valence-corrected chi connectivity index (χ2v) is 6.40. The lowest BCUT2D eigenvalue weighted by atomic mass is 10.1. The van der Waals surface area contributed by atoms with E-state index in [4.69, 9.17) is 9.47 Å². The minimum Gasteiger partial charge on any atom is -0.376 e. The van der Waals surface area contributed by atoms with Crippen molar-refractivity contribution in [2.45, 2.75) is 44.9 Å². The van der Waals surface area contributed by atoms with E-state index in [1.807, 2.05) is 6.07 Å². The molecule has 0 amide bonds. The van der Waals surface area contributed by atoms with Crippen LogP contribution in [0.4, 0.5) is 0 Å². The predicted molar refractivity (Wildman–Crippen MR) is 84.9 cm³/mol. The maximum absolute atomic E-state index is 6.13. The molecule has 1 aromatic carbocycles. The number of rotatable bonds is 7. The Balaban J connectivity index is 1.97. The highest BCUT2D eigenvalue weighted by Crippen LogP contribution is 2.26. The normalized spacial score (nSPS) is 20.5. The highest BCUT2D eigenvalue weighted by atomic mass is 79.9. The van der Waals surface area contributed by atoms with Gasteiger partial charge in [0.05, 0.1) is 18.8 Å². The van der Waals surface area contributed by atoms with E-state index in [-0.39, 0.29) is 12.2 Å². The molecule has 2 atom stereocenters. The van der Waals surface area contributed by atoms with Crippen molar-refractivity contribution >= 4 is 15.9 Å². The molecule has 1 saturated heterocycles. The quantitative estimate of drug-likeness (QED) is 0.820. The lowest BCUT2D eigenvalue weighted by Crippen LogP contribution is -2.30. The molecule has 0 aliphatic carbocycles. The van der Waals surface area contributed by atoms with E-state index < -0.39 is 0 Å². The van der Waals surface area contributed by atoms with E-state index in [0.29, 0.717) is 12.6 Å². The molecule has 3 nitrogen and oxygen atoms in total. The minimum absolute atomic E-state index is 0.0529. The molecule has 2 unspecified atom stereocenters. The molecule has 112 valence electrons. The summed E-state index contributed by atoms with van der Waals surface area (Å²) in [6, 6.07) is 8.71. The van der Waals surface area contributed by atoms with Gasteiger partial charge in [-0.1, -0.05) is 48.0 Å². The molecule has 0 radical (unpaired) electrons. The molecule has 0 aromatic heterocycles. The van der Waals surface area contributed by atoms with Crippen LogP contribution in [0.5, 0.6) is 0 Å². The van der Waals surface area contributed by atoms with Gasteiger partial charge in [-0.2, -0.15) is 0 Å². The lowest BCUT2D eigenvalue weighted by Gasteiger charge is -2.23. The van der Waals surface area contributed by atoms with E-state index in [1.165, 1.54) is 5.56 Å². The number of benzene rings is 1. The summed E-state index contributed by atoms with van der Waals surface area (Å²) in [7, 11) is 0. The van der Waals surface area contributed by atoms with Crippen molar-refractivity contribution in [2.75, 3.05) is 19.8 Å². The van der Waals surface area contributed by atoms with Crippen LogP contribution in [0.25, 0.3) is 0 Å². The highest BCUT2D eigenvalue weighted by Gasteiger charge is 2.20. The van der Waals surface area contributed by atoms with E-state index in [0.717, 1.165) is 30.5 Å². The number of hydrogen-bond donors (Lipinski definition) is 1. The monoisotopic (exact) mass is 341 g/mol. The van der Waals surface area contributed by atoms with Gasteiger partial charge < -0.3 is 14.8 Å². The summed E-state index contributed by atoms with van der Waals surface area (Å²) in [6.45, 7) is 6.66.